The van der Waals surface area contributed by atoms with Crippen molar-refractivity contribution < 1.29 is 14.3 Å². The maximum Gasteiger partial charge on any atom is 0.255 e. The van der Waals surface area contributed by atoms with Gasteiger partial charge in [-0.1, -0.05) is 12.1 Å². The summed E-state index contributed by atoms with van der Waals surface area (Å²) in [6.45, 7) is 4.28. The lowest BCUT2D eigenvalue weighted by Crippen LogP contribution is -2.51. The number of hydrogen-bond acceptors (Lipinski definition) is 8. The number of ether oxygens (including phenoxy) is 1. The van der Waals surface area contributed by atoms with Crippen molar-refractivity contribution in [3.05, 3.63) is 102 Å². The number of nitrogens with zero attached hydrogens (tertiary/aromatic N) is 4. The molecule has 1 saturated heterocycles. The summed E-state index contributed by atoms with van der Waals surface area (Å²) in [6, 6.07) is 25.9. The Morgan fingerprint density at radius 2 is 1.60 bits per heavy atom. The second kappa shape index (κ2) is 12.3. The largest absolute Gasteiger partial charge is 0.497 e. The van der Waals surface area contributed by atoms with Gasteiger partial charge in [-0.25, -0.2) is 15.0 Å². The first kappa shape index (κ1) is 27.8. The number of anilines is 3. The third-order valence-electron chi connectivity index (χ3n) is 7.32. The van der Waals surface area contributed by atoms with Gasteiger partial charge in [0.2, 0.25) is 0 Å². The van der Waals surface area contributed by atoms with E-state index in [1.807, 2.05) is 53.4 Å². The summed E-state index contributed by atoms with van der Waals surface area (Å²) in [7, 11) is 1.60. The number of benzene rings is 3. The van der Waals surface area contributed by atoms with Crippen LogP contribution >= 0.6 is 0 Å². The molecule has 3 aromatic carbocycles. The van der Waals surface area contributed by atoms with Crippen LogP contribution in [-0.2, 0) is 0 Å². The van der Waals surface area contributed by atoms with Crippen molar-refractivity contribution >= 4 is 40.0 Å². The summed E-state index contributed by atoms with van der Waals surface area (Å²) in [5, 5.41) is 9.55. The molecule has 0 saturated carbocycles. The Morgan fingerprint density at radius 3 is 2.33 bits per heavy atom. The summed E-state index contributed by atoms with van der Waals surface area (Å²) >= 11 is 0. The number of methoxy groups -OCH3 is 1. The van der Waals surface area contributed by atoms with E-state index in [2.05, 4.69) is 32.8 Å². The number of amides is 2. The van der Waals surface area contributed by atoms with Crippen molar-refractivity contribution in [1.82, 2.24) is 25.2 Å². The van der Waals surface area contributed by atoms with Gasteiger partial charge >= 0.3 is 0 Å². The van der Waals surface area contributed by atoms with Gasteiger partial charge in [0.25, 0.3) is 11.8 Å². The second-order valence-corrected chi connectivity index (χ2v) is 10.4. The molecule has 1 atom stereocenters. The highest BCUT2D eigenvalue weighted by atomic mass is 16.5. The lowest BCUT2D eigenvalue weighted by Gasteiger charge is -2.32. The maximum atomic E-state index is 13.0. The zero-order chi connectivity index (χ0) is 29.8. The van der Waals surface area contributed by atoms with E-state index in [-0.39, 0.29) is 17.9 Å². The predicted molar refractivity (Wildman–Crippen MR) is 167 cm³/mol. The van der Waals surface area contributed by atoms with Crippen LogP contribution in [-0.4, -0.2) is 64.5 Å². The van der Waals surface area contributed by atoms with E-state index in [4.69, 9.17) is 9.72 Å². The van der Waals surface area contributed by atoms with E-state index in [1.54, 1.807) is 43.5 Å². The average molecular weight is 574 g/mol. The van der Waals surface area contributed by atoms with Crippen molar-refractivity contribution in [3.8, 4) is 17.0 Å². The molecule has 1 aliphatic heterocycles. The molecule has 10 heteroatoms. The molecule has 0 radical (unpaired) electrons. The normalized spacial score (nSPS) is 14.7. The lowest BCUT2D eigenvalue weighted by atomic mass is 10.1. The minimum absolute atomic E-state index is 0.0375. The highest BCUT2D eigenvalue weighted by Crippen LogP contribution is 2.26. The van der Waals surface area contributed by atoms with Crippen LogP contribution in [0.1, 0.15) is 27.6 Å². The Balaban J connectivity index is 1.17. The highest BCUT2D eigenvalue weighted by Gasteiger charge is 2.21. The first-order chi connectivity index (χ1) is 21.0. The number of carbonyl (C=O) groups excluding carboxylic acids is 2. The Morgan fingerprint density at radius 1 is 0.884 bits per heavy atom. The maximum absolute atomic E-state index is 13.0. The molecule has 1 aliphatic rings. The number of aromatic nitrogens is 3. The van der Waals surface area contributed by atoms with Gasteiger partial charge in [-0.3, -0.25) is 9.59 Å². The van der Waals surface area contributed by atoms with Crippen LogP contribution in [0.25, 0.3) is 22.3 Å². The molecule has 6 rings (SSSR count). The molecule has 43 heavy (non-hydrogen) atoms. The minimum Gasteiger partial charge on any atom is -0.497 e. The van der Waals surface area contributed by atoms with E-state index in [0.29, 0.717) is 46.8 Å². The molecular formula is C33H31N7O3. The third kappa shape index (κ3) is 6.29. The van der Waals surface area contributed by atoms with Crippen molar-refractivity contribution in [2.45, 2.75) is 13.0 Å². The topological polar surface area (TPSA) is 121 Å². The van der Waals surface area contributed by atoms with Crippen molar-refractivity contribution in [2.24, 2.45) is 0 Å². The second-order valence-electron chi connectivity index (χ2n) is 10.4. The molecule has 5 aromatic rings. The van der Waals surface area contributed by atoms with Gasteiger partial charge in [-0.2, -0.15) is 0 Å². The molecular weight excluding hydrogens is 542 g/mol. The quantitative estimate of drug-likeness (QED) is 0.245. The van der Waals surface area contributed by atoms with Crippen LogP contribution in [0.2, 0.25) is 0 Å². The molecule has 3 heterocycles. The van der Waals surface area contributed by atoms with Crippen molar-refractivity contribution in [3.63, 3.8) is 0 Å². The number of hydrogen-bond donors (Lipinski definition) is 3. The van der Waals surface area contributed by atoms with E-state index in [0.717, 1.165) is 29.2 Å². The number of nitrogens with one attached hydrogen (secondary N) is 3. The summed E-state index contributed by atoms with van der Waals surface area (Å²) in [4.78, 5) is 41.2. The van der Waals surface area contributed by atoms with Crippen LogP contribution in [0.4, 0.5) is 17.2 Å². The first-order valence-electron chi connectivity index (χ1n) is 14.0. The minimum atomic E-state index is -0.217. The monoisotopic (exact) mass is 573 g/mol. The molecule has 2 amide bonds. The molecule has 0 unspecified atom stereocenters. The SMILES string of the molecule is COc1ccc(NC(=O)c2ccc(Nc3ncnc4ccc(-c5ccc(C(=O)N6CCN[C@@H](C)C6)cc5)nc34)cc2)cc1. The first-order valence-corrected chi connectivity index (χ1v) is 14.0. The third-order valence-corrected chi connectivity index (χ3v) is 7.32. The smallest absolute Gasteiger partial charge is 0.255 e. The molecule has 1 fully saturated rings. The summed E-state index contributed by atoms with van der Waals surface area (Å²) in [6.07, 6.45) is 1.49. The standard InChI is InChI=1S/C33H31N7O3/c1-21-19-40(18-17-34-21)33(42)24-5-3-22(4-6-24)28-15-16-29-30(39-28)31(36-20-35-29)37-25-9-7-23(8-10-25)32(41)38-26-11-13-27(43-2)14-12-26/h3-16,20-21,34H,17-19H2,1-2H3,(H,38,41)(H,35,36,37)/t21-/m0/s1. The lowest BCUT2D eigenvalue weighted by molar-refractivity contribution is 0.0709. The van der Waals surface area contributed by atoms with E-state index in [1.165, 1.54) is 6.33 Å². The summed E-state index contributed by atoms with van der Waals surface area (Å²) < 4.78 is 5.16. The average Bonchev–Trinajstić information content (AvgIpc) is 3.05. The van der Waals surface area contributed by atoms with Gasteiger partial charge in [-0.05, 0) is 79.7 Å². The van der Waals surface area contributed by atoms with E-state index < -0.39 is 0 Å². The number of pyridine rings is 1. The molecule has 0 bridgehead atoms. The van der Waals surface area contributed by atoms with Crippen LogP contribution in [0.5, 0.6) is 5.75 Å². The summed E-state index contributed by atoms with van der Waals surface area (Å²) in [5.74, 6) is 1.08. The number of carbonyl (C=O) groups is 2. The number of rotatable bonds is 7. The van der Waals surface area contributed by atoms with Gasteiger partial charge in [0.05, 0.1) is 18.3 Å². The predicted octanol–water partition coefficient (Wildman–Crippen LogP) is 5.13. The molecule has 0 spiro atoms. The zero-order valence-electron chi connectivity index (χ0n) is 23.9. The van der Waals surface area contributed by atoms with E-state index in [9.17, 15) is 9.59 Å². The fourth-order valence-electron chi connectivity index (χ4n) is 4.99. The molecule has 3 N–H and O–H groups in total. The van der Waals surface area contributed by atoms with Gasteiger partial charge in [0.15, 0.2) is 5.82 Å². The van der Waals surface area contributed by atoms with Crippen LogP contribution in [0.15, 0.2) is 91.3 Å². The van der Waals surface area contributed by atoms with Gasteiger partial charge in [0, 0.05) is 53.7 Å². The van der Waals surface area contributed by atoms with Crippen LogP contribution in [0.3, 0.4) is 0 Å². The Hall–Kier alpha value is -5.35. The highest BCUT2D eigenvalue weighted by molar-refractivity contribution is 6.04. The number of fused-ring (bicyclic) bond motifs is 1. The Labute approximate surface area is 249 Å². The summed E-state index contributed by atoms with van der Waals surface area (Å²) in [5.41, 5.74) is 5.52. The van der Waals surface area contributed by atoms with Crippen molar-refractivity contribution in [2.75, 3.05) is 37.4 Å². The van der Waals surface area contributed by atoms with Crippen LogP contribution < -0.4 is 20.7 Å². The van der Waals surface area contributed by atoms with E-state index >= 15 is 0 Å². The van der Waals surface area contributed by atoms with Gasteiger partial charge in [0.1, 0.15) is 17.6 Å². The van der Waals surface area contributed by atoms with Gasteiger partial charge < -0.3 is 25.6 Å². The fourth-order valence-corrected chi connectivity index (χ4v) is 4.99. The van der Waals surface area contributed by atoms with Crippen molar-refractivity contribution in [1.29, 1.82) is 0 Å². The molecule has 0 aliphatic carbocycles. The molecule has 10 nitrogen and oxygen atoms in total. The number of piperazine rings is 1. The van der Waals surface area contributed by atoms with Crippen LogP contribution in [0, 0.1) is 0 Å². The fraction of sp³-hybridized carbons (Fsp3) is 0.182. The Bertz CT molecular complexity index is 1760. The van der Waals surface area contributed by atoms with Gasteiger partial charge in [-0.15, -0.1) is 0 Å². The Kier molecular flexibility index (Phi) is 7.92. The molecule has 216 valence electrons. The molecule has 2 aromatic heterocycles. The zero-order valence-corrected chi connectivity index (χ0v) is 23.9.